The molecule has 0 aliphatic carbocycles. The van der Waals surface area contributed by atoms with Crippen LogP contribution in [-0.4, -0.2) is 44.7 Å². The second kappa shape index (κ2) is 7.69. The van der Waals surface area contributed by atoms with E-state index in [1.165, 1.54) is 0 Å². The first kappa shape index (κ1) is 15.4. The molecule has 0 bridgehead atoms. The van der Waals surface area contributed by atoms with E-state index in [4.69, 9.17) is 25.8 Å². The Bertz CT molecular complexity index is 441. The number of rotatable bonds is 6. The highest BCUT2D eigenvalue weighted by atomic mass is 35.5. The van der Waals surface area contributed by atoms with Crippen molar-refractivity contribution in [2.75, 3.05) is 33.5 Å². The number of halogens is 1. The molecule has 20 heavy (non-hydrogen) atoms. The maximum Gasteiger partial charge on any atom is 0.179 e. The zero-order valence-corrected chi connectivity index (χ0v) is 12.3. The fourth-order valence-corrected chi connectivity index (χ4v) is 2.31. The first-order valence-electron chi connectivity index (χ1n) is 6.65. The van der Waals surface area contributed by atoms with E-state index in [2.05, 4.69) is 5.32 Å². The van der Waals surface area contributed by atoms with E-state index in [1.807, 2.05) is 12.1 Å². The van der Waals surface area contributed by atoms with Crippen LogP contribution in [0.4, 0.5) is 0 Å². The molecular weight excluding hydrogens is 282 g/mol. The van der Waals surface area contributed by atoms with E-state index in [9.17, 15) is 5.11 Å². The Morgan fingerprint density at radius 1 is 1.40 bits per heavy atom. The van der Waals surface area contributed by atoms with Crippen LogP contribution in [0.5, 0.6) is 11.5 Å². The first-order chi connectivity index (χ1) is 9.74. The quantitative estimate of drug-likeness (QED) is 0.836. The molecule has 5 nitrogen and oxygen atoms in total. The molecule has 2 rings (SSSR count). The SMILES string of the molecule is COCC(CO)NCc1cc(Cl)c2c(c1)OCCCO2. The van der Waals surface area contributed by atoms with Crippen molar-refractivity contribution >= 4 is 11.6 Å². The van der Waals surface area contributed by atoms with Crippen LogP contribution in [0.1, 0.15) is 12.0 Å². The fraction of sp³-hybridized carbons (Fsp3) is 0.571. The normalized spacial score (nSPS) is 15.8. The highest BCUT2D eigenvalue weighted by Crippen LogP contribution is 2.37. The summed E-state index contributed by atoms with van der Waals surface area (Å²) in [5.41, 5.74) is 0.980. The van der Waals surface area contributed by atoms with Crippen LogP contribution in [0.3, 0.4) is 0 Å². The third-order valence-electron chi connectivity index (χ3n) is 3.05. The van der Waals surface area contributed by atoms with Gasteiger partial charge in [0.05, 0.1) is 37.5 Å². The molecule has 1 aromatic rings. The van der Waals surface area contributed by atoms with Crippen molar-refractivity contribution < 1.29 is 19.3 Å². The van der Waals surface area contributed by atoms with E-state index in [0.717, 1.165) is 12.0 Å². The number of fused-ring (bicyclic) bond motifs is 1. The summed E-state index contributed by atoms with van der Waals surface area (Å²) in [7, 11) is 1.61. The van der Waals surface area contributed by atoms with Crippen LogP contribution in [-0.2, 0) is 11.3 Å². The number of aliphatic hydroxyl groups is 1. The molecule has 6 heteroatoms. The zero-order chi connectivity index (χ0) is 14.4. The molecule has 0 fully saturated rings. The molecule has 1 unspecified atom stereocenters. The van der Waals surface area contributed by atoms with Gasteiger partial charge in [-0.25, -0.2) is 0 Å². The van der Waals surface area contributed by atoms with Gasteiger partial charge in [-0.05, 0) is 17.7 Å². The molecule has 2 N–H and O–H groups in total. The van der Waals surface area contributed by atoms with Crippen molar-refractivity contribution in [1.82, 2.24) is 5.32 Å². The minimum atomic E-state index is -0.102. The van der Waals surface area contributed by atoms with E-state index < -0.39 is 0 Å². The van der Waals surface area contributed by atoms with Crippen LogP contribution >= 0.6 is 11.6 Å². The van der Waals surface area contributed by atoms with E-state index in [-0.39, 0.29) is 12.6 Å². The number of aliphatic hydroxyl groups excluding tert-OH is 1. The summed E-state index contributed by atoms with van der Waals surface area (Å²) in [6.07, 6.45) is 0.846. The smallest absolute Gasteiger partial charge is 0.179 e. The van der Waals surface area contributed by atoms with Crippen LogP contribution in [0, 0.1) is 0 Å². The second-order valence-corrected chi connectivity index (χ2v) is 5.08. The third-order valence-corrected chi connectivity index (χ3v) is 3.33. The van der Waals surface area contributed by atoms with Gasteiger partial charge in [0.15, 0.2) is 11.5 Å². The van der Waals surface area contributed by atoms with Crippen molar-refractivity contribution in [3.05, 3.63) is 22.7 Å². The molecule has 0 radical (unpaired) electrons. The Hall–Kier alpha value is -1.01. The van der Waals surface area contributed by atoms with Gasteiger partial charge in [-0.1, -0.05) is 11.6 Å². The van der Waals surface area contributed by atoms with Crippen LogP contribution in [0.2, 0.25) is 5.02 Å². The van der Waals surface area contributed by atoms with Gasteiger partial charge in [-0.2, -0.15) is 0 Å². The largest absolute Gasteiger partial charge is 0.489 e. The van der Waals surface area contributed by atoms with Crippen molar-refractivity contribution in [3.8, 4) is 11.5 Å². The van der Waals surface area contributed by atoms with E-state index in [0.29, 0.717) is 42.9 Å². The molecular formula is C14H20ClNO4. The second-order valence-electron chi connectivity index (χ2n) is 4.67. The Morgan fingerprint density at radius 2 is 2.20 bits per heavy atom. The van der Waals surface area contributed by atoms with Crippen LogP contribution < -0.4 is 14.8 Å². The van der Waals surface area contributed by atoms with E-state index in [1.54, 1.807) is 7.11 Å². The van der Waals surface area contributed by atoms with Gasteiger partial charge in [0.2, 0.25) is 0 Å². The lowest BCUT2D eigenvalue weighted by Gasteiger charge is -2.16. The number of ether oxygens (including phenoxy) is 3. The summed E-state index contributed by atoms with van der Waals surface area (Å²) in [5, 5.41) is 13.0. The molecule has 0 amide bonds. The number of methoxy groups -OCH3 is 1. The van der Waals surface area contributed by atoms with Crippen LogP contribution in [0.25, 0.3) is 0 Å². The highest BCUT2D eigenvalue weighted by Gasteiger charge is 2.16. The van der Waals surface area contributed by atoms with E-state index >= 15 is 0 Å². The molecule has 1 heterocycles. The predicted molar refractivity (Wildman–Crippen MR) is 76.6 cm³/mol. The molecule has 1 aliphatic rings. The van der Waals surface area contributed by atoms with Gasteiger partial charge >= 0.3 is 0 Å². The Kier molecular flexibility index (Phi) is 5.91. The minimum absolute atomic E-state index is 0.0200. The average Bonchev–Trinajstić information content (AvgIpc) is 2.69. The summed E-state index contributed by atoms with van der Waals surface area (Å²) in [4.78, 5) is 0. The number of benzene rings is 1. The molecule has 0 spiro atoms. The molecule has 1 atom stereocenters. The lowest BCUT2D eigenvalue weighted by molar-refractivity contribution is 0.128. The Labute approximate surface area is 123 Å². The number of hydrogen-bond donors (Lipinski definition) is 2. The highest BCUT2D eigenvalue weighted by molar-refractivity contribution is 6.32. The lowest BCUT2D eigenvalue weighted by atomic mass is 10.2. The molecule has 1 aliphatic heterocycles. The Morgan fingerprint density at radius 3 is 2.95 bits per heavy atom. The van der Waals surface area contributed by atoms with Gasteiger partial charge in [-0.15, -0.1) is 0 Å². The molecule has 0 aromatic heterocycles. The standard InChI is InChI=1S/C14H20ClNO4/c1-18-9-11(8-17)16-7-10-5-12(15)14-13(6-10)19-3-2-4-20-14/h5-6,11,16-17H,2-4,7-9H2,1H3. The monoisotopic (exact) mass is 301 g/mol. The molecule has 1 aromatic carbocycles. The molecule has 112 valence electrons. The topological polar surface area (TPSA) is 60.0 Å². The zero-order valence-electron chi connectivity index (χ0n) is 11.5. The Balaban J connectivity index is 2.05. The van der Waals surface area contributed by atoms with Crippen molar-refractivity contribution in [3.63, 3.8) is 0 Å². The van der Waals surface area contributed by atoms with Crippen molar-refractivity contribution in [1.29, 1.82) is 0 Å². The number of nitrogens with one attached hydrogen (secondary N) is 1. The minimum Gasteiger partial charge on any atom is -0.489 e. The first-order valence-corrected chi connectivity index (χ1v) is 7.03. The fourth-order valence-electron chi connectivity index (χ4n) is 2.03. The van der Waals surface area contributed by atoms with Crippen molar-refractivity contribution in [2.24, 2.45) is 0 Å². The maximum absolute atomic E-state index is 9.21. The van der Waals surface area contributed by atoms with Gasteiger partial charge in [0.25, 0.3) is 0 Å². The summed E-state index contributed by atoms with van der Waals surface area (Å²) < 4.78 is 16.2. The lowest BCUT2D eigenvalue weighted by Crippen LogP contribution is -2.35. The van der Waals surface area contributed by atoms with Gasteiger partial charge in [0.1, 0.15) is 0 Å². The predicted octanol–water partition coefficient (Wildman–Crippen LogP) is 1.60. The van der Waals surface area contributed by atoms with Crippen LogP contribution in [0.15, 0.2) is 12.1 Å². The number of hydrogen-bond acceptors (Lipinski definition) is 5. The molecule has 0 saturated carbocycles. The summed E-state index contributed by atoms with van der Waals surface area (Å²) >= 11 is 6.22. The maximum atomic E-state index is 9.21. The van der Waals surface area contributed by atoms with Crippen molar-refractivity contribution in [2.45, 2.75) is 19.0 Å². The summed E-state index contributed by atoms with van der Waals surface area (Å²) in [5.74, 6) is 1.29. The summed E-state index contributed by atoms with van der Waals surface area (Å²) in [6.45, 7) is 2.29. The molecule has 0 saturated heterocycles. The average molecular weight is 302 g/mol. The van der Waals surface area contributed by atoms with Gasteiger partial charge in [-0.3, -0.25) is 0 Å². The van der Waals surface area contributed by atoms with Gasteiger partial charge in [0, 0.05) is 20.1 Å². The summed E-state index contributed by atoms with van der Waals surface area (Å²) in [6, 6.07) is 3.67. The van der Waals surface area contributed by atoms with Gasteiger partial charge < -0.3 is 24.6 Å². The third kappa shape index (κ3) is 3.99.